The minimum Gasteiger partial charge on any atom is -0.457 e. The van der Waals surface area contributed by atoms with Gasteiger partial charge in [-0.05, 0) is 61.4 Å². The van der Waals surface area contributed by atoms with Crippen molar-refractivity contribution in [3.8, 4) is 0 Å². The number of carbonyl (C=O) groups excluding carboxylic acids is 2. The van der Waals surface area contributed by atoms with Gasteiger partial charge in [0.15, 0.2) is 12.4 Å². The van der Waals surface area contributed by atoms with Crippen molar-refractivity contribution in [3.05, 3.63) is 64.2 Å². The minimum absolute atomic E-state index is 0.135. The lowest BCUT2D eigenvalue weighted by atomic mass is 10.0. The summed E-state index contributed by atoms with van der Waals surface area (Å²) < 4.78 is 6.33. The van der Waals surface area contributed by atoms with Crippen LogP contribution in [0.15, 0.2) is 42.5 Å². The first-order valence-electron chi connectivity index (χ1n) is 9.34. The molecule has 1 heterocycles. The van der Waals surface area contributed by atoms with Crippen LogP contribution >= 0.6 is 11.3 Å². The van der Waals surface area contributed by atoms with Crippen molar-refractivity contribution in [1.29, 1.82) is 0 Å². The highest BCUT2D eigenvalue weighted by atomic mass is 32.1. The Kier molecular flexibility index (Phi) is 5.30. The minimum atomic E-state index is -0.328. The summed E-state index contributed by atoms with van der Waals surface area (Å²) >= 11 is 1.66. The third-order valence-electron chi connectivity index (χ3n) is 4.89. The molecule has 138 valence electrons. The summed E-state index contributed by atoms with van der Waals surface area (Å²) in [6.45, 7) is -0.182. The van der Waals surface area contributed by atoms with Crippen LogP contribution in [0.2, 0.25) is 0 Å². The molecule has 3 aromatic rings. The molecule has 4 rings (SSSR count). The van der Waals surface area contributed by atoms with E-state index in [1.807, 2.05) is 36.4 Å². The van der Waals surface area contributed by atoms with Gasteiger partial charge in [-0.15, -0.1) is 11.3 Å². The lowest BCUT2D eigenvalue weighted by Crippen LogP contribution is -2.14. The summed E-state index contributed by atoms with van der Waals surface area (Å²) in [6, 6.07) is 13.8. The number of aryl methyl sites for hydroxylation is 3. The van der Waals surface area contributed by atoms with E-state index in [1.54, 1.807) is 11.3 Å². The first kappa shape index (κ1) is 17.9. The number of fused-ring (bicyclic) bond motifs is 2. The van der Waals surface area contributed by atoms with Crippen LogP contribution in [0.25, 0.3) is 10.2 Å². The molecule has 0 atom stereocenters. The van der Waals surface area contributed by atoms with Gasteiger partial charge in [0.05, 0.1) is 15.2 Å². The van der Waals surface area contributed by atoms with E-state index in [0.29, 0.717) is 18.4 Å². The molecule has 0 radical (unpaired) electrons. The maximum absolute atomic E-state index is 12.3. The van der Waals surface area contributed by atoms with Gasteiger partial charge >= 0.3 is 5.97 Å². The highest BCUT2D eigenvalue weighted by Crippen LogP contribution is 2.24. The number of carbonyl (C=O) groups is 2. The number of ether oxygens (including phenoxy) is 1. The second-order valence-corrected chi connectivity index (χ2v) is 7.96. The van der Waals surface area contributed by atoms with Crippen molar-refractivity contribution in [3.63, 3.8) is 0 Å². The predicted octanol–water partition coefficient (Wildman–Crippen LogP) is 4.53. The Bertz CT molecular complexity index is 959. The van der Waals surface area contributed by atoms with Crippen molar-refractivity contribution in [2.75, 3.05) is 6.61 Å². The van der Waals surface area contributed by atoms with E-state index in [2.05, 4.69) is 11.1 Å². The van der Waals surface area contributed by atoms with Gasteiger partial charge in [-0.1, -0.05) is 24.3 Å². The SMILES string of the molecule is O=C(CCCc1nc2ccccc2s1)OCC(=O)c1ccc2c(c1)CCC2. The second-order valence-electron chi connectivity index (χ2n) is 6.85. The zero-order chi connectivity index (χ0) is 18.6. The van der Waals surface area contributed by atoms with E-state index in [1.165, 1.54) is 11.1 Å². The molecule has 2 aromatic carbocycles. The number of hydrogen-bond acceptors (Lipinski definition) is 5. The van der Waals surface area contributed by atoms with E-state index in [9.17, 15) is 9.59 Å². The topological polar surface area (TPSA) is 56.3 Å². The van der Waals surface area contributed by atoms with Crippen molar-refractivity contribution < 1.29 is 14.3 Å². The molecule has 0 aliphatic heterocycles. The number of esters is 1. The fourth-order valence-corrected chi connectivity index (χ4v) is 4.47. The fourth-order valence-electron chi connectivity index (χ4n) is 3.46. The molecule has 1 aromatic heterocycles. The molecule has 0 bridgehead atoms. The molecule has 0 fully saturated rings. The molecule has 1 aliphatic rings. The number of Topliss-reactive ketones (excluding diaryl/α,β-unsaturated/α-hetero) is 1. The maximum Gasteiger partial charge on any atom is 0.306 e. The summed E-state index contributed by atoms with van der Waals surface area (Å²) in [5, 5.41) is 1.03. The number of aromatic nitrogens is 1. The van der Waals surface area contributed by atoms with E-state index in [0.717, 1.165) is 40.9 Å². The first-order chi connectivity index (χ1) is 13.2. The standard InChI is InChI=1S/C22H21NO3S/c24-19(17-12-11-15-5-3-6-16(15)13-17)14-26-22(25)10-4-9-21-23-18-7-1-2-8-20(18)27-21/h1-2,7-8,11-13H,3-6,9-10,14H2. The Morgan fingerprint density at radius 1 is 1.07 bits per heavy atom. The summed E-state index contributed by atoms with van der Waals surface area (Å²) in [6.07, 6.45) is 4.98. The third kappa shape index (κ3) is 4.25. The molecule has 4 nitrogen and oxygen atoms in total. The highest BCUT2D eigenvalue weighted by Gasteiger charge is 2.15. The van der Waals surface area contributed by atoms with Crippen molar-refractivity contribution >= 4 is 33.3 Å². The van der Waals surface area contributed by atoms with Gasteiger partial charge in [0.25, 0.3) is 0 Å². The Morgan fingerprint density at radius 2 is 1.93 bits per heavy atom. The molecule has 1 aliphatic carbocycles. The average molecular weight is 379 g/mol. The first-order valence-corrected chi connectivity index (χ1v) is 10.2. The van der Waals surface area contributed by atoms with Gasteiger partial charge in [-0.2, -0.15) is 0 Å². The lowest BCUT2D eigenvalue weighted by Gasteiger charge is -2.06. The van der Waals surface area contributed by atoms with E-state index in [4.69, 9.17) is 4.74 Å². The van der Waals surface area contributed by atoms with Crippen LogP contribution in [-0.4, -0.2) is 23.3 Å². The van der Waals surface area contributed by atoms with Crippen LogP contribution in [0, 0.1) is 0 Å². The van der Waals surface area contributed by atoms with Gasteiger partial charge in [0, 0.05) is 12.0 Å². The molecule has 27 heavy (non-hydrogen) atoms. The van der Waals surface area contributed by atoms with Crippen molar-refractivity contribution in [2.45, 2.75) is 38.5 Å². The number of benzene rings is 2. The zero-order valence-corrected chi connectivity index (χ0v) is 15.9. The summed E-state index contributed by atoms with van der Waals surface area (Å²) in [5.74, 6) is -0.463. The van der Waals surface area contributed by atoms with Gasteiger partial charge in [-0.25, -0.2) is 4.98 Å². The molecule has 0 unspecified atom stereocenters. The summed E-state index contributed by atoms with van der Waals surface area (Å²) in [5.41, 5.74) is 4.22. The largest absolute Gasteiger partial charge is 0.457 e. The van der Waals surface area contributed by atoms with E-state index >= 15 is 0 Å². The van der Waals surface area contributed by atoms with Crippen LogP contribution in [0.4, 0.5) is 0 Å². The Hall–Kier alpha value is -2.53. The van der Waals surface area contributed by atoms with Gasteiger partial charge in [0.2, 0.25) is 0 Å². The van der Waals surface area contributed by atoms with E-state index < -0.39 is 0 Å². The Morgan fingerprint density at radius 3 is 2.81 bits per heavy atom. The lowest BCUT2D eigenvalue weighted by molar-refractivity contribution is -0.142. The number of thiazole rings is 1. The summed E-state index contributed by atoms with van der Waals surface area (Å²) in [4.78, 5) is 28.8. The molecule has 0 saturated heterocycles. The van der Waals surface area contributed by atoms with Gasteiger partial charge < -0.3 is 4.74 Å². The van der Waals surface area contributed by atoms with Crippen LogP contribution in [0.3, 0.4) is 0 Å². The number of ketones is 1. The highest BCUT2D eigenvalue weighted by molar-refractivity contribution is 7.18. The zero-order valence-electron chi connectivity index (χ0n) is 15.1. The van der Waals surface area contributed by atoms with Gasteiger partial charge in [-0.3, -0.25) is 9.59 Å². The van der Waals surface area contributed by atoms with Crippen LogP contribution < -0.4 is 0 Å². The Labute approximate surface area is 162 Å². The smallest absolute Gasteiger partial charge is 0.306 e. The summed E-state index contributed by atoms with van der Waals surface area (Å²) in [7, 11) is 0. The quantitative estimate of drug-likeness (QED) is 0.447. The second kappa shape index (κ2) is 8.01. The number of nitrogens with zero attached hydrogens (tertiary/aromatic N) is 1. The number of para-hydroxylation sites is 1. The van der Waals surface area contributed by atoms with Crippen LogP contribution in [0.5, 0.6) is 0 Å². The molecule has 0 saturated carbocycles. The van der Waals surface area contributed by atoms with Crippen molar-refractivity contribution in [2.24, 2.45) is 0 Å². The number of rotatable bonds is 7. The molecular weight excluding hydrogens is 358 g/mol. The predicted molar refractivity (Wildman–Crippen MR) is 106 cm³/mol. The van der Waals surface area contributed by atoms with Gasteiger partial charge in [0.1, 0.15) is 0 Å². The van der Waals surface area contributed by atoms with E-state index in [-0.39, 0.29) is 18.4 Å². The normalized spacial score (nSPS) is 12.9. The monoisotopic (exact) mass is 379 g/mol. The average Bonchev–Trinajstić information content (AvgIpc) is 3.31. The fraction of sp³-hybridized carbons (Fsp3) is 0.318. The molecule has 0 amide bonds. The molecule has 5 heteroatoms. The maximum atomic E-state index is 12.3. The number of hydrogen-bond donors (Lipinski definition) is 0. The Balaban J connectivity index is 1.23. The molecule has 0 spiro atoms. The molecular formula is C22H21NO3S. The molecule has 0 N–H and O–H groups in total. The third-order valence-corrected chi connectivity index (χ3v) is 5.99. The van der Waals surface area contributed by atoms with Crippen molar-refractivity contribution in [1.82, 2.24) is 4.98 Å². The van der Waals surface area contributed by atoms with Crippen LogP contribution in [0.1, 0.15) is 45.8 Å². The van der Waals surface area contributed by atoms with Crippen LogP contribution in [-0.2, 0) is 28.8 Å².